The van der Waals surface area contributed by atoms with Gasteiger partial charge in [0.05, 0.1) is 0 Å². The van der Waals surface area contributed by atoms with E-state index in [0.717, 1.165) is 0 Å². The van der Waals surface area contributed by atoms with E-state index in [9.17, 15) is 0 Å². The van der Waals surface area contributed by atoms with Crippen molar-refractivity contribution in [2.75, 3.05) is 0 Å². The number of benzene rings is 1. The highest BCUT2D eigenvalue weighted by atomic mass is 35.6. The van der Waals surface area contributed by atoms with Gasteiger partial charge < -0.3 is 0 Å². The smallest absolute Gasteiger partial charge is 0.0930 e. The second kappa shape index (κ2) is 10.3. The second-order valence-electron chi connectivity index (χ2n) is 6.47. The summed E-state index contributed by atoms with van der Waals surface area (Å²) in [6.45, 7) is 3.70. The summed E-state index contributed by atoms with van der Waals surface area (Å²) in [5.41, 5.74) is 0.433. The second-order valence-corrected chi connectivity index (χ2v) is 16.3. The first kappa shape index (κ1) is 31.3. The minimum atomic E-state index is -2.33. The minimum Gasteiger partial charge on any atom is -0.0930 e. The Morgan fingerprint density at radius 3 is 1.13 bits per heavy atom. The van der Waals surface area contributed by atoms with E-state index in [-0.39, 0.29) is 22.6 Å². The van der Waals surface area contributed by atoms with Crippen LogP contribution in [0.15, 0.2) is 18.2 Å². The summed E-state index contributed by atoms with van der Waals surface area (Å²) < 4.78 is -13.6. The number of halogens is 14. The van der Waals surface area contributed by atoms with E-state index in [1.165, 1.54) is 18.2 Å². The van der Waals surface area contributed by atoms with Gasteiger partial charge >= 0.3 is 0 Å². The fourth-order valence-electron chi connectivity index (χ4n) is 2.32. The van der Waals surface area contributed by atoms with Crippen LogP contribution in [0.4, 0.5) is 0 Å². The van der Waals surface area contributed by atoms with E-state index in [2.05, 4.69) is 0 Å². The van der Waals surface area contributed by atoms with Crippen LogP contribution in [0.25, 0.3) is 0 Å². The van der Waals surface area contributed by atoms with Crippen molar-refractivity contribution in [3.05, 3.63) is 41.3 Å². The van der Waals surface area contributed by atoms with Crippen LogP contribution in [0.3, 0.4) is 0 Å². The lowest BCUT2D eigenvalue weighted by molar-refractivity contribution is 0.665. The predicted octanol–water partition coefficient (Wildman–Crippen LogP) is 11.2. The summed E-state index contributed by atoms with van der Waals surface area (Å²) in [6, 6.07) is 4.44. The maximum atomic E-state index is 6.55. The average molecular weight is 700 g/mol. The number of hydrogen-bond acceptors (Lipinski definition) is 0. The van der Waals surface area contributed by atoms with Crippen molar-refractivity contribution in [3.8, 4) is 0 Å². The van der Waals surface area contributed by atoms with Gasteiger partial charge in [-0.15, -0.1) is 0 Å². The molecule has 0 saturated carbocycles. The van der Waals surface area contributed by atoms with Crippen LogP contribution >= 0.6 is 162 Å². The first-order valence-corrected chi connectivity index (χ1v) is 13.0. The minimum absolute atomic E-state index is 0.0903. The van der Waals surface area contributed by atoms with E-state index in [4.69, 9.17) is 162 Å². The van der Waals surface area contributed by atoms with Gasteiger partial charge in [-0.3, -0.25) is 0 Å². The maximum absolute atomic E-state index is 6.55. The van der Waals surface area contributed by atoms with Gasteiger partial charge in [0.15, 0.2) is 8.67 Å². The molecule has 1 rings (SSSR count). The summed E-state index contributed by atoms with van der Waals surface area (Å²) in [7, 11) is 0. The van der Waals surface area contributed by atoms with Gasteiger partial charge in [-0.2, -0.15) is 0 Å². The van der Waals surface area contributed by atoms with Crippen LogP contribution in [0.2, 0.25) is 0 Å². The molecule has 0 aromatic heterocycles. The number of hydrogen-bond donors (Lipinski definition) is 0. The van der Waals surface area contributed by atoms with Crippen molar-refractivity contribution in [1.29, 1.82) is 0 Å². The van der Waals surface area contributed by atoms with Crippen molar-refractivity contribution in [1.82, 2.24) is 0 Å². The molecule has 30 heavy (non-hydrogen) atoms. The standard InChI is InChI=1S/C16H11Cl14/c1-7(2)6-8-9(11(17,18)13(21,22)15(25,26)27)4-3-5-10(8)12(19,20)14(23,24)16(28,29)30/h3-7H,1-2H3. The third kappa shape index (κ3) is 5.98. The SMILES string of the molecule is CC(C)[CH]c1c(C(Cl)(Cl)C(Cl)(Cl)C(Cl)(Cl)Cl)cccc1C(Cl)(Cl)C(Cl)(Cl)C(Cl)(Cl)Cl. The number of rotatable bonds is 6. The molecular weight excluding hydrogens is 689 g/mol. The lowest BCUT2D eigenvalue weighted by Gasteiger charge is -2.42. The van der Waals surface area contributed by atoms with Crippen LogP contribution in [0, 0.1) is 12.3 Å². The van der Waals surface area contributed by atoms with Gasteiger partial charge in [0.1, 0.15) is 0 Å². The molecule has 0 saturated heterocycles. The zero-order chi connectivity index (χ0) is 24.1. The van der Waals surface area contributed by atoms with Crippen LogP contribution < -0.4 is 0 Å². The molecule has 0 N–H and O–H groups in total. The van der Waals surface area contributed by atoms with Gasteiger partial charge in [0.2, 0.25) is 16.3 Å². The molecule has 0 unspecified atom stereocenters. The summed E-state index contributed by atoms with van der Waals surface area (Å²) in [4.78, 5) is 0. The fraction of sp³-hybridized carbons (Fsp3) is 0.562. The summed E-state index contributed by atoms with van der Waals surface area (Å²) in [5.74, 6) is -0.0983. The van der Waals surface area contributed by atoms with E-state index in [1.54, 1.807) is 6.42 Å². The predicted molar refractivity (Wildman–Crippen MR) is 141 cm³/mol. The molecular formula is C16H11Cl14. The summed E-state index contributed by atoms with van der Waals surface area (Å²) >= 11 is 86.9. The average Bonchev–Trinajstić information content (AvgIpc) is 2.51. The fourth-order valence-corrected chi connectivity index (χ4v) is 5.38. The quantitative estimate of drug-likeness (QED) is 0.259. The van der Waals surface area contributed by atoms with E-state index in [0.29, 0.717) is 0 Å². The maximum Gasteiger partial charge on any atom is 0.226 e. The first-order valence-electron chi connectivity index (χ1n) is 7.67. The third-order valence-corrected chi connectivity index (χ3v) is 11.6. The highest BCUT2D eigenvalue weighted by molar-refractivity contribution is 6.79. The molecule has 0 aliphatic carbocycles. The molecule has 0 heterocycles. The Morgan fingerprint density at radius 2 is 0.900 bits per heavy atom. The van der Waals surface area contributed by atoms with Crippen LogP contribution in [-0.4, -0.2) is 16.3 Å². The highest BCUT2D eigenvalue weighted by Gasteiger charge is 2.64. The normalized spacial score (nSPS) is 15.1. The van der Waals surface area contributed by atoms with E-state index in [1.807, 2.05) is 13.8 Å². The van der Waals surface area contributed by atoms with Crippen molar-refractivity contribution >= 4 is 162 Å². The Bertz CT molecular complexity index is 698. The van der Waals surface area contributed by atoms with Crippen LogP contribution in [0.5, 0.6) is 0 Å². The van der Waals surface area contributed by atoms with Gasteiger partial charge in [-0.25, -0.2) is 0 Å². The lowest BCUT2D eigenvalue weighted by atomic mass is 9.88. The van der Waals surface area contributed by atoms with Gasteiger partial charge in [0.25, 0.3) is 0 Å². The first-order chi connectivity index (χ1) is 13.0. The summed E-state index contributed by atoms with van der Waals surface area (Å²) in [5, 5.41) is 0. The van der Waals surface area contributed by atoms with Crippen LogP contribution in [0.1, 0.15) is 30.5 Å². The van der Waals surface area contributed by atoms with Gasteiger partial charge in [0, 0.05) is 0 Å². The van der Waals surface area contributed by atoms with Crippen molar-refractivity contribution in [2.24, 2.45) is 5.92 Å². The molecule has 0 aliphatic heterocycles. The highest BCUT2D eigenvalue weighted by Crippen LogP contribution is 2.64. The van der Waals surface area contributed by atoms with Gasteiger partial charge in [-0.1, -0.05) is 194 Å². The van der Waals surface area contributed by atoms with Crippen LogP contribution in [-0.2, 0) is 8.67 Å². The molecule has 1 aromatic carbocycles. The molecule has 14 heteroatoms. The monoisotopic (exact) mass is 693 g/mol. The molecule has 173 valence electrons. The molecule has 0 aliphatic rings. The van der Waals surface area contributed by atoms with E-state index < -0.39 is 24.9 Å². The Morgan fingerprint density at radius 1 is 0.600 bits per heavy atom. The molecule has 1 aromatic rings. The zero-order valence-electron chi connectivity index (χ0n) is 14.7. The largest absolute Gasteiger partial charge is 0.226 e. The number of alkyl halides is 14. The Balaban J connectivity index is 3.93. The van der Waals surface area contributed by atoms with Crippen molar-refractivity contribution < 1.29 is 0 Å². The van der Waals surface area contributed by atoms with Crippen molar-refractivity contribution in [2.45, 2.75) is 38.8 Å². The Labute approximate surface area is 245 Å². The molecule has 1 radical (unpaired) electrons. The Kier molecular flexibility index (Phi) is 10.8. The van der Waals surface area contributed by atoms with Gasteiger partial charge in [-0.05, 0) is 29.0 Å². The molecule has 0 atom stereocenters. The van der Waals surface area contributed by atoms with Crippen molar-refractivity contribution in [3.63, 3.8) is 0 Å². The zero-order valence-corrected chi connectivity index (χ0v) is 25.3. The topological polar surface area (TPSA) is 0 Å². The molecule has 0 nitrogen and oxygen atoms in total. The molecule has 0 fully saturated rings. The molecule has 0 bridgehead atoms. The van der Waals surface area contributed by atoms with E-state index >= 15 is 0 Å². The molecule has 0 spiro atoms. The summed E-state index contributed by atoms with van der Waals surface area (Å²) in [6.07, 6.45) is 1.69. The lowest BCUT2D eigenvalue weighted by Crippen LogP contribution is -2.47. The molecule has 0 amide bonds. The third-order valence-electron chi connectivity index (χ3n) is 3.78. The Hall–Kier alpha value is 3.28.